The van der Waals surface area contributed by atoms with Gasteiger partial charge in [-0.2, -0.15) is 0 Å². The Bertz CT molecular complexity index is 980. The number of benzene rings is 2. The topological polar surface area (TPSA) is 67.9 Å². The van der Waals surface area contributed by atoms with Gasteiger partial charge < -0.3 is 19.7 Å². The number of nitrogens with zero attached hydrogens (tertiary/aromatic N) is 1. The van der Waals surface area contributed by atoms with E-state index in [0.29, 0.717) is 42.6 Å². The van der Waals surface area contributed by atoms with Crippen molar-refractivity contribution in [3.05, 3.63) is 59.5 Å². The predicted molar refractivity (Wildman–Crippen MR) is 109 cm³/mol. The first-order valence-electron chi connectivity index (χ1n) is 9.07. The van der Waals surface area contributed by atoms with Gasteiger partial charge in [-0.1, -0.05) is 18.2 Å². The van der Waals surface area contributed by atoms with E-state index in [-0.39, 0.29) is 18.4 Å². The van der Waals surface area contributed by atoms with Crippen LogP contribution >= 0.6 is 11.3 Å². The van der Waals surface area contributed by atoms with Crippen molar-refractivity contribution >= 4 is 38.9 Å². The van der Waals surface area contributed by atoms with Crippen LogP contribution in [0.25, 0.3) is 10.1 Å². The van der Waals surface area contributed by atoms with Crippen molar-refractivity contribution in [2.75, 3.05) is 38.2 Å². The van der Waals surface area contributed by atoms with Crippen LogP contribution in [0.3, 0.4) is 0 Å². The Morgan fingerprint density at radius 3 is 2.64 bits per heavy atom. The number of hydrogen-bond donors (Lipinski definition) is 1. The molecular formula is C21H20N2O4S. The third-order valence-electron chi connectivity index (χ3n) is 4.42. The van der Waals surface area contributed by atoms with Crippen molar-refractivity contribution in [2.45, 2.75) is 0 Å². The number of rotatable bonds is 5. The Morgan fingerprint density at radius 2 is 1.86 bits per heavy atom. The zero-order chi connectivity index (χ0) is 19.3. The van der Waals surface area contributed by atoms with Gasteiger partial charge in [-0.15, -0.1) is 11.3 Å². The standard InChI is InChI=1S/C21H20N2O4S/c24-20(14-27-17-4-2-1-3-5-17)22-16-6-7-18-15(12-16)13-19(28-18)21(25)23-8-10-26-11-9-23/h1-7,12-13H,8-11,14H2,(H,22,24). The average Bonchev–Trinajstić information content (AvgIpc) is 3.16. The summed E-state index contributed by atoms with van der Waals surface area (Å²) in [5, 5.41) is 3.77. The van der Waals surface area contributed by atoms with E-state index in [4.69, 9.17) is 9.47 Å². The maximum Gasteiger partial charge on any atom is 0.264 e. The van der Waals surface area contributed by atoms with Crippen LogP contribution < -0.4 is 10.1 Å². The number of carbonyl (C=O) groups is 2. The van der Waals surface area contributed by atoms with Crippen LogP contribution in [0, 0.1) is 0 Å². The Labute approximate surface area is 166 Å². The number of nitrogens with one attached hydrogen (secondary N) is 1. The van der Waals surface area contributed by atoms with Gasteiger partial charge in [0.25, 0.3) is 11.8 Å². The highest BCUT2D eigenvalue weighted by Crippen LogP contribution is 2.29. The van der Waals surface area contributed by atoms with Gasteiger partial charge in [0.2, 0.25) is 0 Å². The first-order chi connectivity index (χ1) is 13.7. The van der Waals surface area contributed by atoms with Crippen LogP contribution in [0.2, 0.25) is 0 Å². The monoisotopic (exact) mass is 396 g/mol. The quantitative estimate of drug-likeness (QED) is 0.718. The number of thiophene rings is 1. The fourth-order valence-corrected chi connectivity index (χ4v) is 4.02. The summed E-state index contributed by atoms with van der Waals surface area (Å²) in [7, 11) is 0. The number of ether oxygens (including phenoxy) is 2. The van der Waals surface area contributed by atoms with Gasteiger partial charge in [0.1, 0.15) is 5.75 Å². The molecule has 1 aliphatic heterocycles. The highest BCUT2D eigenvalue weighted by molar-refractivity contribution is 7.20. The van der Waals surface area contributed by atoms with Crippen LogP contribution in [-0.2, 0) is 9.53 Å². The van der Waals surface area contributed by atoms with Crippen molar-refractivity contribution in [3.63, 3.8) is 0 Å². The third kappa shape index (κ3) is 4.32. The molecule has 3 aromatic rings. The molecule has 2 amide bonds. The molecular weight excluding hydrogens is 376 g/mol. The molecule has 0 bridgehead atoms. The van der Waals surface area contributed by atoms with Crippen LogP contribution in [0.5, 0.6) is 5.75 Å². The van der Waals surface area contributed by atoms with E-state index in [1.54, 1.807) is 12.1 Å². The summed E-state index contributed by atoms with van der Waals surface area (Å²) in [5.74, 6) is 0.451. The van der Waals surface area contributed by atoms with Crippen molar-refractivity contribution < 1.29 is 19.1 Å². The Balaban J connectivity index is 1.41. The van der Waals surface area contributed by atoms with Crippen molar-refractivity contribution in [1.29, 1.82) is 0 Å². The van der Waals surface area contributed by atoms with Gasteiger partial charge in [0.05, 0.1) is 18.1 Å². The molecule has 28 heavy (non-hydrogen) atoms. The van der Waals surface area contributed by atoms with E-state index in [1.807, 2.05) is 47.4 Å². The first kappa shape index (κ1) is 18.5. The molecule has 2 heterocycles. The highest BCUT2D eigenvalue weighted by Gasteiger charge is 2.20. The SMILES string of the molecule is O=C(COc1ccccc1)Nc1ccc2sc(C(=O)N3CCOCC3)cc2c1. The molecule has 6 nitrogen and oxygen atoms in total. The Kier molecular flexibility index (Phi) is 5.55. The maximum atomic E-state index is 12.6. The number of anilines is 1. The van der Waals surface area contributed by atoms with E-state index < -0.39 is 0 Å². The fourth-order valence-electron chi connectivity index (χ4n) is 3.01. The van der Waals surface area contributed by atoms with Gasteiger partial charge in [0.15, 0.2) is 6.61 Å². The molecule has 0 atom stereocenters. The smallest absolute Gasteiger partial charge is 0.264 e. The van der Waals surface area contributed by atoms with Crippen LogP contribution in [0.15, 0.2) is 54.6 Å². The number of morpholine rings is 1. The largest absolute Gasteiger partial charge is 0.484 e. The summed E-state index contributed by atoms with van der Waals surface area (Å²) in [6, 6.07) is 16.7. The van der Waals surface area contributed by atoms with Gasteiger partial charge in [-0.25, -0.2) is 0 Å². The minimum Gasteiger partial charge on any atom is -0.484 e. The zero-order valence-electron chi connectivity index (χ0n) is 15.2. The number of fused-ring (bicyclic) bond motifs is 1. The van der Waals surface area contributed by atoms with Gasteiger partial charge in [-0.3, -0.25) is 9.59 Å². The normalized spacial score (nSPS) is 14.1. The summed E-state index contributed by atoms with van der Waals surface area (Å²) in [6.45, 7) is 2.34. The van der Waals surface area contributed by atoms with E-state index in [2.05, 4.69) is 5.32 Å². The summed E-state index contributed by atoms with van der Waals surface area (Å²) in [6.07, 6.45) is 0. The lowest BCUT2D eigenvalue weighted by Crippen LogP contribution is -2.40. The second kappa shape index (κ2) is 8.41. The summed E-state index contributed by atoms with van der Waals surface area (Å²) in [5.41, 5.74) is 0.678. The Morgan fingerprint density at radius 1 is 1.07 bits per heavy atom. The Hall–Kier alpha value is -2.90. The molecule has 2 aromatic carbocycles. The number of hydrogen-bond acceptors (Lipinski definition) is 5. The van der Waals surface area contributed by atoms with E-state index >= 15 is 0 Å². The fraction of sp³-hybridized carbons (Fsp3) is 0.238. The first-order valence-corrected chi connectivity index (χ1v) is 9.89. The predicted octanol–water partition coefficient (Wildman–Crippen LogP) is 3.39. The zero-order valence-corrected chi connectivity index (χ0v) is 16.0. The number of para-hydroxylation sites is 1. The molecule has 144 valence electrons. The summed E-state index contributed by atoms with van der Waals surface area (Å²) in [4.78, 5) is 27.3. The van der Waals surface area contributed by atoms with Crippen LogP contribution in [0.4, 0.5) is 5.69 Å². The van der Waals surface area contributed by atoms with Crippen LogP contribution in [0.1, 0.15) is 9.67 Å². The minimum absolute atomic E-state index is 0.0337. The molecule has 0 spiro atoms. The van der Waals surface area contributed by atoms with Gasteiger partial charge in [0, 0.05) is 23.5 Å². The minimum atomic E-state index is -0.233. The second-order valence-corrected chi connectivity index (χ2v) is 7.50. The molecule has 7 heteroatoms. The maximum absolute atomic E-state index is 12.6. The number of carbonyl (C=O) groups excluding carboxylic acids is 2. The van der Waals surface area contributed by atoms with E-state index in [9.17, 15) is 9.59 Å². The summed E-state index contributed by atoms with van der Waals surface area (Å²) >= 11 is 1.46. The van der Waals surface area contributed by atoms with E-state index in [0.717, 1.165) is 10.1 Å². The molecule has 4 rings (SSSR count). The van der Waals surface area contributed by atoms with Gasteiger partial charge in [-0.05, 0) is 41.8 Å². The highest BCUT2D eigenvalue weighted by atomic mass is 32.1. The molecule has 1 aliphatic rings. The molecule has 0 unspecified atom stereocenters. The lowest BCUT2D eigenvalue weighted by Gasteiger charge is -2.26. The van der Waals surface area contributed by atoms with Gasteiger partial charge >= 0.3 is 0 Å². The average molecular weight is 396 g/mol. The molecule has 1 fully saturated rings. The molecule has 1 N–H and O–H groups in total. The molecule has 0 radical (unpaired) electrons. The van der Waals surface area contributed by atoms with Crippen LogP contribution in [-0.4, -0.2) is 49.6 Å². The van der Waals surface area contributed by atoms with Crippen molar-refractivity contribution in [2.24, 2.45) is 0 Å². The van der Waals surface area contributed by atoms with Crippen molar-refractivity contribution in [1.82, 2.24) is 4.90 Å². The lowest BCUT2D eigenvalue weighted by molar-refractivity contribution is -0.118. The lowest BCUT2D eigenvalue weighted by atomic mass is 10.2. The van der Waals surface area contributed by atoms with Crippen molar-refractivity contribution in [3.8, 4) is 5.75 Å². The van der Waals surface area contributed by atoms with E-state index in [1.165, 1.54) is 11.3 Å². The summed E-state index contributed by atoms with van der Waals surface area (Å²) < 4.78 is 11.8. The molecule has 0 saturated carbocycles. The molecule has 1 aromatic heterocycles. The second-order valence-electron chi connectivity index (χ2n) is 6.42. The molecule has 1 saturated heterocycles. The molecule has 0 aliphatic carbocycles. The number of amides is 2. The third-order valence-corrected chi connectivity index (χ3v) is 5.53.